The Morgan fingerprint density at radius 2 is 1.37 bits per heavy atom. The Bertz CT molecular complexity index is 1060. The van der Waals surface area contributed by atoms with Crippen LogP contribution in [0.1, 0.15) is 54.8 Å². The van der Waals surface area contributed by atoms with Gasteiger partial charge in [0.15, 0.2) is 0 Å². The number of carboxylic acid groups (broad SMARTS) is 1. The minimum absolute atomic E-state index is 0.0807. The average molecular weight is 471 g/mol. The molecule has 1 amide bonds. The van der Waals surface area contributed by atoms with Crippen LogP contribution >= 0.6 is 0 Å². The topological polar surface area (TPSA) is 60.9 Å². The van der Waals surface area contributed by atoms with Crippen LogP contribution in [0.25, 0.3) is 0 Å². The van der Waals surface area contributed by atoms with Gasteiger partial charge in [-0.2, -0.15) is 0 Å². The molecule has 5 heteroatoms. The highest BCUT2D eigenvalue weighted by atomic mass is 16.4. The molecule has 0 radical (unpaired) electrons. The highest BCUT2D eigenvalue weighted by Gasteiger charge is 2.41. The number of likely N-dealkylation sites (tertiary alicyclic amines) is 1. The predicted molar refractivity (Wildman–Crippen MR) is 138 cm³/mol. The molecule has 1 fully saturated rings. The van der Waals surface area contributed by atoms with Gasteiger partial charge in [0, 0.05) is 18.6 Å². The maximum atomic E-state index is 14.0. The van der Waals surface area contributed by atoms with Gasteiger partial charge in [-0.1, -0.05) is 97.9 Å². The molecule has 1 unspecified atom stereocenters. The van der Waals surface area contributed by atoms with Gasteiger partial charge in [-0.15, -0.1) is 0 Å². The molecule has 182 valence electrons. The largest absolute Gasteiger partial charge is 0.480 e. The molecule has 35 heavy (non-hydrogen) atoms. The molecule has 1 saturated heterocycles. The van der Waals surface area contributed by atoms with Crippen molar-refractivity contribution in [3.8, 4) is 0 Å². The van der Waals surface area contributed by atoms with Gasteiger partial charge >= 0.3 is 5.97 Å². The Morgan fingerprint density at radius 3 is 1.83 bits per heavy atom. The Labute approximate surface area is 208 Å². The van der Waals surface area contributed by atoms with E-state index in [4.69, 9.17) is 0 Å². The van der Waals surface area contributed by atoms with Crippen LogP contribution in [-0.2, 0) is 9.59 Å². The molecule has 0 spiro atoms. The lowest BCUT2D eigenvalue weighted by Crippen LogP contribution is -2.55. The molecular weight excluding hydrogens is 436 g/mol. The smallest absolute Gasteiger partial charge is 0.326 e. The second-order valence-corrected chi connectivity index (χ2v) is 9.32. The summed E-state index contributed by atoms with van der Waals surface area (Å²) < 4.78 is 0. The molecule has 4 rings (SSSR count). The van der Waals surface area contributed by atoms with E-state index in [0.717, 1.165) is 24.0 Å². The number of rotatable bonds is 8. The third-order valence-corrected chi connectivity index (χ3v) is 7.29. The van der Waals surface area contributed by atoms with Crippen LogP contribution in [-0.4, -0.2) is 52.5 Å². The number of aliphatic carboxylic acids is 1. The van der Waals surface area contributed by atoms with Crippen LogP contribution in [0, 0.1) is 0 Å². The molecule has 3 aromatic rings. The molecule has 0 saturated carbocycles. The van der Waals surface area contributed by atoms with Crippen LogP contribution < -0.4 is 0 Å². The van der Waals surface area contributed by atoms with Gasteiger partial charge in [0.25, 0.3) is 0 Å². The molecule has 5 nitrogen and oxygen atoms in total. The summed E-state index contributed by atoms with van der Waals surface area (Å²) in [5.74, 6) is -1.61. The van der Waals surface area contributed by atoms with E-state index in [1.165, 1.54) is 5.56 Å². The third-order valence-electron chi connectivity index (χ3n) is 7.29. The lowest BCUT2D eigenvalue weighted by Gasteiger charge is -2.44. The van der Waals surface area contributed by atoms with Crippen LogP contribution in [0.2, 0.25) is 0 Å². The monoisotopic (exact) mass is 470 g/mol. The van der Waals surface area contributed by atoms with Crippen molar-refractivity contribution >= 4 is 11.9 Å². The number of carbonyl (C=O) groups is 2. The Kier molecular flexibility index (Phi) is 7.98. The Balaban J connectivity index is 1.59. The third kappa shape index (κ3) is 5.46. The van der Waals surface area contributed by atoms with Gasteiger partial charge < -0.3 is 10.0 Å². The van der Waals surface area contributed by atoms with Gasteiger partial charge in [0.1, 0.15) is 6.04 Å². The van der Waals surface area contributed by atoms with E-state index in [2.05, 4.69) is 31.0 Å². The molecule has 0 aliphatic carbocycles. The fourth-order valence-electron chi connectivity index (χ4n) is 5.44. The maximum Gasteiger partial charge on any atom is 0.326 e. The first-order valence-electron chi connectivity index (χ1n) is 12.4. The van der Waals surface area contributed by atoms with Crippen LogP contribution in [0.4, 0.5) is 0 Å². The Morgan fingerprint density at radius 1 is 0.886 bits per heavy atom. The van der Waals surface area contributed by atoms with Crippen molar-refractivity contribution in [2.45, 2.75) is 50.2 Å². The zero-order valence-corrected chi connectivity index (χ0v) is 20.5. The summed E-state index contributed by atoms with van der Waals surface area (Å²) >= 11 is 0. The molecule has 1 aliphatic rings. The van der Waals surface area contributed by atoms with Crippen LogP contribution in [0.15, 0.2) is 91.0 Å². The number of hydrogen-bond donors (Lipinski definition) is 1. The second kappa shape index (κ2) is 11.3. The quantitative estimate of drug-likeness (QED) is 0.482. The summed E-state index contributed by atoms with van der Waals surface area (Å²) in [6.45, 7) is 2.58. The van der Waals surface area contributed by atoms with E-state index in [-0.39, 0.29) is 18.0 Å². The predicted octanol–water partition coefficient (Wildman–Crippen LogP) is 5.35. The van der Waals surface area contributed by atoms with Crippen molar-refractivity contribution in [2.75, 3.05) is 13.6 Å². The van der Waals surface area contributed by atoms with E-state index in [1.54, 1.807) is 4.90 Å². The lowest BCUT2D eigenvalue weighted by molar-refractivity contribution is -0.154. The molecule has 1 heterocycles. The van der Waals surface area contributed by atoms with Gasteiger partial charge in [-0.3, -0.25) is 9.69 Å². The molecular formula is C30H34N2O3. The number of benzene rings is 3. The summed E-state index contributed by atoms with van der Waals surface area (Å²) in [4.78, 5) is 30.3. The highest BCUT2D eigenvalue weighted by molar-refractivity contribution is 5.91. The first-order valence-corrected chi connectivity index (χ1v) is 12.4. The van der Waals surface area contributed by atoms with E-state index >= 15 is 0 Å². The van der Waals surface area contributed by atoms with Crippen molar-refractivity contribution in [3.63, 3.8) is 0 Å². The molecule has 0 aromatic heterocycles. The summed E-state index contributed by atoms with van der Waals surface area (Å²) in [7, 11) is 2.08. The SMILES string of the molecule is CCC(c1ccccc1)N(C)[C@@H]1CCN(C(=O)C(c2ccccc2)c2ccccc2)[C@H](C(=O)O)C1. The first kappa shape index (κ1) is 24.7. The summed E-state index contributed by atoms with van der Waals surface area (Å²) in [5, 5.41) is 10.2. The zero-order chi connectivity index (χ0) is 24.8. The van der Waals surface area contributed by atoms with E-state index in [9.17, 15) is 14.7 Å². The standard InChI is InChI=1S/C30H34N2O3/c1-3-26(22-13-7-4-8-14-22)31(2)25-19-20-32(27(21-25)30(34)35)29(33)28(23-15-9-5-10-16-23)24-17-11-6-12-18-24/h4-18,25-28H,3,19-21H2,1-2H3,(H,34,35)/t25-,26?,27+/m1/s1. The molecule has 0 bridgehead atoms. The molecule has 1 aliphatic heterocycles. The second-order valence-electron chi connectivity index (χ2n) is 9.32. The fraction of sp³-hybridized carbons (Fsp3) is 0.333. The summed E-state index contributed by atoms with van der Waals surface area (Å²) in [6.07, 6.45) is 2.09. The molecule has 3 atom stereocenters. The van der Waals surface area contributed by atoms with Gasteiger partial charge in [0.05, 0.1) is 5.92 Å². The number of amides is 1. The summed E-state index contributed by atoms with van der Waals surface area (Å²) in [6, 6.07) is 29.1. The van der Waals surface area contributed by atoms with Crippen molar-refractivity contribution in [1.29, 1.82) is 0 Å². The summed E-state index contributed by atoms with van der Waals surface area (Å²) in [5.41, 5.74) is 2.99. The minimum Gasteiger partial charge on any atom is -0.480 e. The van der Waals surface area contributed by atoms with Crippen molar-refractivity contribution in [1.82, 2.24) is 9.80 Å². The fourth-order valence-corrected chi connectivity index (χ4v) is 5.44. The number of piperidine rings is 1. The van der Waals surface area contributed by atoms with Gasteiger partial charge in [0.2, 0.25) is 5.91 Å². The average Bonchev–Trinajstić information content (AvgIpc) is 2.90. The molecule has 3 aromatic carbocycles. The van der Waals surface area contributed by atoms with Crippen LogP contribution in [0.3, 0.4) is 0 Å². The molecule has 1 N–H and O–H groups in total. The maximum absolute atomic E-state index is 14.0. The van der Waals surface area contributed by atoms with Crippen molar-refractivity contribution < 1.29 is 14.7 Å². The van der Waals surface area contributed by atoms with E-state index in [0.29, 0.717) is 13.0 Å². The van der Waals surface area contributed by atoms with E-state index < -0.39 is 17.9 Å². The number of nitrogens with zero attached hydrogens (tertiary/aromatic N) is 2. The first-order chi connectivity index (χ1) is 17.0. The van der Waals surface area contributed by atoms with E-state index in [1.807, 2.05) is 78.9 Å². The Hall–Kier alpha value is -3.44. The van der Waals surface area contributed by atoms with Gasteiger partial charge in [-0.05, 0) is 43.0 Å². The minimum atomic E-state index is -0.941. The van der Waals surface area contributed by atoms with Crippen molar-refractivity contribution in [2.24, 2.45) is 0 Å². The highest BCUT2D eigenvalue weighted by Crippen LogP contribution is 2.34. The normalized spacial score (nSPS) is 19.0. The van der Waals surface area contributed by atoms with Crippen LogP contribution in [0.5, 0.6) is 0 Å². The van der Waals surface area contributed by atoms with Gasteiger partial charge in [-0.25, -0.2) is 4.79 Å². The zero-order valence-electron chi connectivity index (χ0n) is 20.5. The number of carbonyl (C=O) groups excluding carboxylic acids is 1. The van der Waals surface area contributed by atoms with Crippen molar-refractivity contribution in [3.05, 3.63) is 108 Å². The number of carboxylic acids is 1. The lowest BCUT2D eigenvalue weighted by atomic mass is 9.87. The number of hydrogen-bond acceptors (Lipinski definition) is 3.